The van der Waals surface area contributed by atoms with Gasteiger partial charge < -0.3 is 10.1 Å². The van der Waals surface area contributed by atoms with Crippen molar-refractivity contribution in [2.24, 2.45) is 0 Å². The van der Waals surface area contributed by atoms with E-state index in [-0.39, 0.29) is 22.2 Å². The number of aromatic nitrogens is 2. The van der Waals surface area contributed by atoms with Crippen molar-refractivity contribution in [3.05, 3.63) is 46.2 Å². The number of nitriles is 1. The third-order valence-corrected chi connectivity index (χ3v) is 3.25. The van der Waals surface area contributed by atoms with Gasteiger partial charge in [-0.15, -0.1) is 0 Å². The first kappa shape index (κ1) is 13.8. The highest BCUT2D eigenvalue weighted by Gasteiger charge is 2.13. The van der Waals surface area contributed by atoms with Gasteiger partial charge in [-0.05, 0) is 0 Å². The number of aromatic amines is 1. The zero-order chi connectivity index (χ0) is 14.5. The number of carboxylic acid groups (broad SMARTS) is 1. The molecule has 1 heterocycles. The van der Waals surface area contributed by atoms with Crippen LogP contribution >= 0.6 is 11.8 Å². The van der Waals surface area contributed by atoms with Crippen LogP contribution in [-0.2, 0) is 4.79 Å². The molecule has 0 unspecified atom stereocenters. The van der Waals surface area contributed by atoms with Gasteiger partial charge in [-0.25, -0.2) is 4.98 Å². The Hall–Kier alpha value is -2.59. The molecular weight excluding hydrogens is 278 g/mol. The summed E-state index contributed by atoms with van der Waals surface area (Å²) < 4.78 is 0. The fourth-order valence-corrected chi connectivity index (χ4v) is 2.14. The molecule has 0 atom stereocenters. The molecule has 0 aliphatic heterocycles. The minimum Gasteiger partial charge on any atom is -0.481 e. The molecular formula is C13H9N3O3S. The quantitative estimate of drug-likeness (QED) is 0.651. The van der Waals surface area contributed by atoms with Gasteiger partial charge in [0.1, 0.15) is 11.6 Å². The Labute approximate surface area is 118 Å². The van der Waals surface area contributed by atoms with Crippen LogP contribution in [0.3, 0.4) is 0 Å². The molecule has 0 aliphatic rings. The van der Waals surface area contributed by atoms with Crippen molar-refractivity contribution >= 4 is 17.7 Å². The number of hydrogen-bond acceptors (Lipinski definition) is 5. The third-order valence-electron chi connectivity index (χ3n) is 2.39. The summed E-state index contributed by atoms with van der Waals surface area (Å²) in [6, 6.07) is 10.6. The molecule has 0 radical (unpaired) electrons. The van der Waals surface area contributed by atoms with Gasteiger partial charge in [0.05, 0.1) is 11.4 Å². The molecule has 2 N–H and O–H groups in total. The van der Waals surface area contributed by atoms with Gasteiger partial charge >= 0.3 is 5.97 Å². The van der Waals surface area contributed by atoms with Gasteiger partial charge in [-0.3, -0.25) is 9.59 Å². The molecule has 1 aromatic heterocycles. The Morgan fingerprint density at radius 2 is 2.10 bits per heavy atom. The topological polar surface area (TPSA) is 107 Å². The molecule has 0 aliphatic carbocycles. The Morgan fingerprint density at radius 3 is 2.70 bits per heavy atom. The maximum Gasteiger partial charge on any atom is 0.313 e. The number of thioether (sulfide) groups is 1. The maximum absolute atomic E-state index is 11.8. The van der Waals surface area contributed by atoms with Crippen LogP contribution in [0.25, 0.3) is 11.3 Å². The normalized spacial score (nSPS) is 9.95. The highest BCUT2D eigenvalue weighted by molar-refractivity contribution is 7.99. The predicted octanol–water partition coefficient (Wildman–Crippen LogP) is 1.49. The summed E-state index contributed by atoms with van der Waals surface area (Å²) in [4.78, 5) is 28.9. The van der Waals surface area contributed by atoms with Crippen molar-refractivity contribution < 1.29 is 9.90 Å². The smallest absolute Gasteiger partial charge is 0.313 e. The van der Waals surface area contributed by atoms with Crippen LogP contribution < -0.4 is 5.56 Å². The van der Waals surface area contributed by atoms with Gasteiger partial charge in [0.2, 0.25) is 0 Å². The van der Waals surface area contributed by atoms with E-state index in [0.717, 1.165) is 11.8 Å². The van der Waals surface area contributed by atoms with Gasteiger partial charge in [-0.2, -0.15) is 5.26 Å². The molecule has 100 valence electrons. The zero-order valence-corrected chi connectivity index (χ0v) is 11.0. The standard InChI is InChI=1S/C13H9N3O3S/c14-6-9-11(8-4-2-1-3-5-8)15-13(16-12(9)19)20-7-10(17)18/h1-5H,7H2,(H,17,18)(H,15,16,19). The molecule has 20 heavy (non-hydrogen) atoms. The summed E-state index contributed by atoms with van der Waals surface area (Å²) in [7, 11) is 0. The second-order valence-electron chi connectivity index (χ2n) is 3.75. The van der Waals surface area contributed by atoms with Gasteiger partial charge in [0.25, 0.3) is 5.56 Å². The second-order valence-corrected chi connectivity index (χ2v) is 4.72. The number of H-pyrrole nitrogens is 1. The van der Waals surface area contributed by atoms with Crippen LogP contribution in [0.5, 0.6) is 0 Å². The molecule has 6 nitrogen and oxygen atoms in total. The van der Waals surface area contributed by atoms with Crippen LogP contribution in [0.2, 0.25) is 0 Å². The van der Waals surface area contributed by atoms with E-state index < -0.39 is 11.5 Å². The van der Waals surface area contributed by atoms with Crippen LogP contribution in [0.15, 0.2) is 40.3 Å². The monoisotopic (exact) mass is 287 g/mol. The molecule has 2 rings (SSSR count). The van der Waals surface area contributed by atoms with E-state index in [1.807, 2.05) is 12.1 Å². The first-order chi connectivity index (χ1) is 9.61. The largest absolute Gasteiger partial charge is 0.481 e. The molecule has 0 fully saturated rings. The number of hydrogen-bond donors (Lipinski definition) is 2. The second kappa shape index (κ2) is 6.04. The molecule has 7 heteroatoms. The van der Waals surface area contributed by atoms with E-state index in [4.69, 9.17) is 10.4 Å². The summed E-state index contributed by atoms with van der Waals surface area (Å²) in [5.74, 6) is -1.23. The van der Waals surface area contributed by atoms with Crippen molar-refractivity contribution in [3.8, 4) is 17.3 Å². The summed E-state index contributed by atoms with van der Waals surface area (Å²) >= 11 is 0.895. The van der Waals surface area contributed by atoms with E-state index in [1.54, 1.807) is 24.3 Å². The van der Waals surface area contributed by atoms with E-state index >= 15 is 0 Å². The lowest BCUT2D eigenvalue weighted by Gasteiger charge is -2.05. The lowest BCUT2D eigenvalue weighted by Crippen LogP contribution is -2.15. The Balaban J connectivity index is 2.52. The molecule has 0 bridgehead atoms. The van der Waals surface area contributed by atoms with Crippen molar-refractivity contribution in [1.29, 1.82) is 5.26 Å². The fourth-order valence-electron chi connectivity index (χ4n) is 1.56. The van der Waals surface area contributed by atoms with Crippen molar-refractivity contribution in [2.45, 2.75) is 5.16 Å². The number of aliphatic carboxylic acids is 1. The SMILES string of the molecule is N#Cc1c(-c2ccccc2)nc(SCC(=O)O)[nH]c1=O. The summed E-state index contributed by atoms with van der Waals surface area (Å²) in [6.45, 7) is 0. The highest BCUT2D eigenvalue weighted by Crippen LogP contribution is 2.21. The molecule has 0 spiro atoms. The number of rotatable bonds is 4. The molecule has 1 aromatic carbocycles. The minimum absolute atomic E-state index is 0.0872. The van der Waals surface area contributed by atoms with E-state index in [2.05, 4.69) is 9.97 Å². The average molecular weight is 287 g/mol. The number of carbonyl (C=O) groups is 1. The van der Waals surface area contributed by atoms with Crippen molar-refractivity contribution in [1.82, 2.24) is 9.97 Å². The van der Waals surface area contributed by atoms with E-state index in [9.17, 15) is 9.59 Å². The van der Waals surface area contributed by atoms with E-state index in [1.165, 1.54) is 0 Å². The zero-order valence-electron chi connectivity index (χ0n) is 10.2. The van der Waals surface area contributed by atoms with Crippen molar-refractivity contribution in [2.75, 3.05) is 5.75 Å². The number of nitrogens with zero attached hydrogens (tertiary/aromatic N) is 2. The van der Waals surface area contributed by atoms with Gasteiger partial charge in [0, 0.05) is 5.56 Å². The van der Waals surface area contributed by atoms with E-state index in [0.29, 0.717) is 5.56 Å². The third kappa shape index (κ3) is 3.05. The average Bonchev–Trinajstić information content (AvgIpc) is 2.45. The first-order valence-electron chi connectivity index (χ1n) is 5.56. The van der Waals surface area contributed by atoms with Crippen LogP contribution in [0.1, 0.15) is 5.56 Å². The maximum atomic E-state index is 11.8. The summed E-state index contributed by atoms with van der Waals surface area (Å²) in [5, 5.41) is 17.9. The Bertz CT molecular complexity index is 735. The predicted molar refractivity (Wildman–Crippen MR) is 73.4 cm³/mol. The highest BCUT2D eigenvalue weighted by atomic mass is 32.2. The number of carboxylic acids is 1. The fraction of sp³-hybridized carbons (Fsp3) is 0.0769. The molecule has 2 aromatic rings. The lowest BCUT2D eigenvalue weighted by molar-refractivity contribution is -0.133. The van der Waals surface area contributed by atoms with Crippen LogP contribution in [-0.4, -0.2) is 26.8 Å². The first-order valence-corrected chi connectivity index (χ1v) is 6.55. The number of nitrogens with one attached hydrogen (secondary N) is 1. The minimum atomic E-state index is -1.01. The summed E-state index contributed by atoms with van der Waals surface area (Å²) in [6.07, 6.45) is 0. The van der Waals surface area contributed by atoms with Gasteiger partial charge in [-0.1, -0.05) is 42.1 Å². The molecule has 0 saturated heterocycles. The van der Waals surface area contributed by atoms with Gasteiger partial charge in [0.15, 0.2) is 5.16 Å². The van der Waals surface area contributed by atoms with Crippen molar-refractivity contribution in [3.63, 3.8) is 0 Å². The van der Waals surface area contributed by atoms with Crippen LogP contribution in [0, 0.1) is 11.3 Å². The lowest BCUT2D eigenvalue weighted by atomic mass is 10.1. The molecule has 0 amide bonds. The summed E-state index contributed by atoms with van der Waals surface area (Å²) in [5.41, 5.74) is 0.224. The Morgan fingerprint density at radius 1 is 1.40 bits per heavy atom. The number of benzene rings is 1. The van der Waals surface area contributed by atoms with Crippen LogP contribution in [0.4, 0.5) is 0 Å². The molecule has 0 saturated carbocycles. The Kier molecular flexibility index (Phi) is 4.17.